The number of amides is 2. The van der Waals surface area contributed by atoms with Gasteiger partial charge in [0, 0.05) is 47.1 Å². The summed E-state index contributed by atoms with van der Waals surface area (Å²) in [6.45, 7) is 6.03. The lowest BCUT2D eigenvalue weighted by atomic mass is 10.1. The van der Waals surface area contributed by atoms with Gasteiger partial charge in [-0.2, -0.15) is 0 Å². The zero-order valence-corrected chi connectivity index (χ0v) is 20.3. The van der Waals surface area contributed by atoms with Crippen LogP contribution in [0.1, 0.15) is 34.2 Å². The maximum atomic E-state index is 12.7. The Kier molecular flexibility index (Phi) is 6.79. The second-order valence-corrected chi connectivity index (χ2v) is 8.78. The fourth-order valence-electron chi connectivity index (χ4n) is 3.78. The molecule has 2 amide bonds. The van der Waals surface area contributed by atoms with E-state index in [0.29, 0.717) is 17.2 Å². The highest BCUT2D eigenvalue weighted by Crippen LogP contribution is 2.32. The molecule has 0 aliphatic rings. The van der Waals surface area contributed by atoms with Crippen LogP contribution in [0.25, 0.3) is 16.9 Å². The first kappa shape index (κ1) is 23.3. The van der Waals surface area contributed by atoms with Gasteiger partial charge in [0.15, 0.2) is 5.13 Å². The maximum absolute atomic E-state index is 12.7. The van der Waals surface area contributed by atoms with E-state index in [1.54, 1.807) is 19.2 Å². The Morgan fingerprint density at radius 2 is 1.76 bits per heavy atom. The molecule has 0 aliphatic heterocycles. The van der Waals surface area contributed by atoms with E-state index in [1.165, 1.54) is 18.3 Å². The van der Waals surface area contributed by atoms with Crippen LogP contribution in [0.5, 0.6) is 5.75 Å². The van der Waals surface area contributed by atoms with Crippen molar-refractivity contribution in [3.05, 3.63) is 82.5 Å². The summed E-state index contributed by atoms with van der Waals surface area (Å²) in [7, 11) is 1.65. The lowest BCUT2D eigenvalue weighted by Crippen LogP contribution is -2.19. The molecule has 4 rings (SSSR count). The molecule has 174 valence electrons. The molecule has 7 nitrogen and oxygen atoms in total. The van der Waals surface area contributed by atoms with Gasteiger partial charge in [-0.25, -0.2) is 4.98 Å². The molecule has 2 aromatic carbocycles. The number of rotatable bonds is 7. The molecule has 0 spiro atoms. The van der Waals surface area contributed by atoms with Gasteiger partial charge in [0.25, 0.3) is 5.91 Å². The van der Waals surface area contributed by atoms with Crippen LogP contribution >= 0.6 is 11.3 Å². The second kappa shape index (κ2) is 9.93. The molecule has 34 heavy (non-hydrogen) atoms. The van der Waals surface area contributed by atoms with Gasteiger partial charge in [0.1, 0.15) is 5.75 Å². The number of ether oxygens (including phenoxy) is 1. The number of hydrogen-bond acceptors (Lipinski definition) is 5. The zero-order valence-electron chi connectivity index (χ0n) is 19.5. The molecule has 0 atom stereocenters. The topological polar surface area (TPSA) is 85.2 Å². The van der Waals surface area contributed by atoms with Crippen molar-refractivity contribution in [1.29, 1.82) is 0 Å². The number of aromatic nitrogens is 2. The smallest absolute Gasteiger partial charge is 0.257 e. The van der Waals surface area contributed by atoms with Crippen molar-refractivity contribution in [2.75, 3.05) is 12.4 Å². The zero-order chi connectivity index (χ0) is 24.2. The molecular formula is C26H26N4O3S. The summed E-state index contributed by atoms with van der Waals surface area (Å²) in [5.74, 6) is 0.496. The molecule has 0 fully saturated rings. The SMILES string of the molecule is COc1ccc(-n2c(C)cc(-c3csc(NC(=O)c4ccc(CNC(C)=O)cc4)n3)c2C)cc1. The van der Waals surface area contributed by atoms with E-state index < -0.39 is 0 Å². The highest BCUT2D eigenvalue weighted by molar-refractivity contribution is 7.14. The Labute approximate surface area is 202 Å². The van der Waals surface area contributed by atoms with E-state index in [9.17, 15) is 9.59 Å². The van der Waals surface area contributed by atoms with Gasteiger partial charge < -0.3 is 14.6 Å². The van der Waals surface area contributed by atoms with Gasteiger partial charge >= 0.3 is 0 Å². The summed E-state index contributed by atoms with van der Waals surface area (Å²) in [6.07, 6.45) is 0. The largest absolute Gasteiger partial charge is 0.497 e. The molecule has 0 saturated carbocycles. The van der Waals surface area contributed by atoms with E-state index in [4.69, 9.17) is 4.74 Å². The number of nitrogens with zero attached hydrogens (tertiary/aromatic N) is 2. The summed E-state index contributed by atoms with van der Waals surface area (Å²) in [6, 6.07) is 17.2. The van der Waals surface area contributed by atoms with Crippen LogP contribution in [0.2, 0.25) is 0 Å². The lowest BCUT2D eigenvalue weighted by Gasteiger charge is -2.10. The van der Waals surface area contributed by atoms with E-state index in [0.717, 1.165) is 39.6 Å². The number of methoxy groups -OCH3 is 1. The van der Waals surface area contributed by atoms with E-state index in [1.807, 2.05) is 41.8 Å². The normalized spacial score (nSPS) is 10.7. The lowest BCUT2D eigenvalue weighted by molar-refractivity contribution is -0.119. The third-order valence-corrected chi connectivity index (χ3v) is 6.28. The van der Waals surface area contributed by atoms with Gasteiger partial charge in [-0.3, -0.25) is 14.9 Å². The van der Waals surface area contributed by atoms with Gasteiger partial charge in [-0.15, -0.1) is 11.3 Å². The number of carbonyl (C=O) groups excluding carboxylic acids is 2. The third kappa shape index (κ3) is 5.02. The Hall–Kier alpha value is -3.91. The van der Waals surface area contributed by atoms with Crippen LogP contribution in [-0.2, 0) is 11.3 Å². The van der Waals surface area contributed by atoms with Crippen molar-refractivity contribution >= 4 is 28.3 Å². The quantitative estimate of drug-likeness (QED) is 0.390. The molecule has 2 heterocycles. The maximum Gasteiger partial charge on any atom is 0.257 e. The second-order valence-electron chi connectivity index (χ2n) is 7.92. The summed E-state index contributed by atoms with van der Waals surface area (Å²) >= 11 is 1.39. The molecule has 8 heteroatoms. The summed E-state index contributed by atoms with van der Waals surface area (Å²) < 4.78 is 7.44. The Morgan fingerprint density at radius 1 is 1.06 bits per heavy atom. The van der Waals surface area contributed by atoms with Gasteiger partial charge in [0.05, 0.1) is 12.8 Å². The Morgan fingerprint density at radius 3 is 2.41 bits per heavy atom. The van der Waals surface area contributed by atoms with Gasteiger partial charge in [-0.05, 0) is 61.9 Å². The Balaban J connectivity index is 1.49. The van der Waals surface area contributed by atoms with E-state index in [-0.39, 0.29) is 11.8 Å². The fourth-order valence-corrected chi connectivity index (χ4v) is 4.48. The van der Waals surface area contributed by atoms with Crippen LogP contribution < -0.4 is 15.4 Å². The minimum Gasteiger partial charge on any atom is -0.497 e. The predicted molar refractivity (Wildman–Crippen MR) is 135 cm³/mol. The van der Waals surface area contributed by atoms with Crippen LogP contribution in [0.4, 0.5) is 5.13 Å². The Bertz CT molecular complexity index is 1320. The van der Waals surface area contributed by atoms with Gasteiger partial charge in [0.2, 0.25) is 5.91 Å². The van der Waals surface area contributed by atoms with Crippen molar-refractivity contribution in [3.63, 3.8) is 0 Å². The average molecular weight is 475 g/mol. The number of benzene rings is 2. The molecule has 2 aromatic heterocycles. The number of aryl methyl sites for hydroxylation is 1. The molecule has 0 unspecified atom stereocenters. The third-order valence-electron chi connectivity index (χ3n) is 5.52. The fraction of sp³-hybridized carbons (Fsp3) is 0.192. The van der Waals surface area contributed by atoms with Crippen LogP contribution in [0.3, 0.4) is 0 Å². The molecule has 0 aliphatic carbocycles. The van der Waals surface area contributed by atoms with Crippen molar-refractivity contribution in [1.82, 2.24) is 14.9 Å². The predicted octanol–water partition coefficient (Wildman–Crippen LogP) is 5.11. The highest BCUT2D eigenvalue weighted by atomic mass is 32.1. The van der Waals surface area contributed by atoms with E-state index in [2.05, 4.69) is 40.1 Å². The van der Waals surface area contributed by atoms with Gasteiger partial charge in [-0.1, -0.05) is 12.1 Å². The minimum absolute atomic E-state index is 0.0915. The summed E-state index contributed by atoms with van der Waals surface area (Å²) in [4.78, 5) is 28.4. The molecule has 0 saturated heterocycles. The van der Waals surface area contributed by atoms with Crippen LogP contribution in [0, 0.1) is 13.8 Å². The van der Waals surface area contributed by atoms with E-state index >= 15 is 0 Å². The van der Waals surface area contributed by atoms with Crippen molar-refractivity contribution in [3.8, 4) is 22.7 Å². The van der Waals surface area contributed by atoms with Crippen LogP contribution in [-0.4, -0.2) is 28.5 Å². The molecule has 2 N–H and O–H groups in total. The number of carbonyl (C=O) groups is 2. The monoisotopic (exact) mass is 474 g/mol. The summed E-state index contributed by atoms with van der Waals surface area (Å²) in [5.41, 5.74) is 6.51. The van der Waals surface area contributed by atoms with Crippen LogP contribution in [0.15, 0.2) is 60.0 Å². The van der Waals surface area contributed by atoms with Crippen molar-refractivity contribution in [2.45, 2.75) is 27.3 Å². The first-order chi connectivity index (χ1) is 16.4. The average Bonchev–Trinajstić information content (AvgIpc) is 3.41. The highest BCUT2D eigenvalue weighted by Gasteiger charge is 2.16. The standard InChI is InChI=1S/C26H26N4O3S/c1-16-13-23(17(2)30(16)21-9-11-22(33-4)12-10-21)24-15-34-26(28-24)29-25(32)20-7-5-19(6-8-20)14-27-18(3)31/h5-13,15H,14H2,1-4H3,(H,27,31)(H,28,29,32). The molecule has 4 aromatic rings. The van der Waals surface area contributed by atoms with Crippen molar-refractivity contribution < 1.29 is 14.3 Å². The summed E-state index contributed by atoms with van der Waals surface area (Å²) in [5, 5.41) is 8.11. The molecule has 0 radical (unpaired) electrons. The van der Waals surface area contributed by atoms with Crippen molar-refractivity contribution in [2.24, 2.45) is 0 Å². The number of hydrogen-bond donors (Lipinski definition) is 2. The first-order valence-electron chi connectivity index (χ1n) is 10.8. The molecular weight excluding hydrogens is 448 g/mol. The minimum atomic E-state index is -0.226. The number of nitrogens with one attached hydrogen (secondary N) is 2. The number of anilines is 1. The number of thiazole rings is 1. The molecule has 0 bridgehead atoms. The first-order valence-corrected chi connectivity index (χ1v) is 11.7.